The van der Waals surface area contributed by atoms with Crippen LogP contribution in [0.15, 0.2) is 0 Å². The molecule has 2 nitrogen and oxygen atoms in total. The van der Waals surface area contributed by atoms with E-state index in [1.807, 2.05) is 6.92 Å². The Hall–Kier alpha value is -0.550. The first-order valence-corrected chi connectivity index (χ1v) is 5.28. The third-order valence-corrected chi connectivity index (χ3v) is 3.19. The predicted octanol–water partition coefficient (Wildman–Crippen LogP) is 2.27. The van der Waals surface area contributed by atoms with E-state index < -0.39 is 0 Å². The number of nitrogens with zero attached hydrogens (tertiary/aromatic N) is 2. The minimum Gasteiger partial charge on any atom is -0.299 e. The van der Waals surface area contributed by atoms with Crippen LogP contribution in [0.4, 0.5) is 0 Å². The van der Waals surface area contributed by atoms with Gasteiger partial charge in [-0.1, -0.05) is 6.92 Å². The summed E-state index contributed by atoms with van der Waals surface area (Å²) < 4.78 is 0. The molecule has 1 heterocycles. The van der Waals surface area contributed by atoms with Crippen LogP contribution in [0, 0.1) is 23.2 Å². The van der Waals surface area contributed by atoms with Crippen LogP contribution in [0.25, 0.3) is 0 Å². The lowest BCUT2D eigenvalue weighted by atomic mass is 9.95. The van der Waals surface area contributed by atoms with Gasteiger partial charge in [0.25, 0.3) is 0 Å². The zero-order valence-electron chi connectivity index (χ0n) is 8.95. The number of hydrogen-bond donors (Lipinski definition) is 0. The monoisotopic (exact) mass is 180 g/mol. The molecule has 0 radical (unpaired) electrons. The van der Waals surface area contributed by atoms with Crippen LogP contribution in [0.1, 0.15) is 33.6 Å². The normalized spacial score (nSPS) is 29.2. The summed E-state index contributed by atoms with van der Waals surface area (Å²) in [5.41, 5.74) is 0. The molecule has 1 fully saturated rings. The Kier molecular flexibility index (Phi) is 3.74. The highest BCUT2D eigenvalue weighted by Gasteiger charge is 2.24. The van der Waals surface area contributed by atoms with Gasteiger partial charge >= 0.3 is 0 Å². The summed E-state index contributed by atoms with van der Waals surface area (Å²) in [6, 6.07) is 2.76. The van der Waals surface area contributed by atoms with Crippen molar-refractivity contribution >= 4 is 0 Å². The van der Waals surface area contributed by atoms with Gasteiger partial charge < -0.3 is 0 Å². The molecule has 0 spiro atoms. The van der Waals surface area contributed by atoms with E-state index in [2.05, 4.69) is 24.8 Å². The Morgan fingerprint density at radius 1 is 1.46 bits per heavy atom. The molecule has 3 atom stereocenters. The Balaban J connectivity index is 2.46. The summed E-state index contributed by atoms with van der Waals surface area (Å²) in [4.78, 5) is 2.46. The molecular formula is C11H20N2. The fraction of sp³-hybridized carbons (Fsp3) is 0.909. The molecule has 0 N–H and O–H groups in total. The number of likely N-dealkylation sites (tertiary alicyclic amines) is 1. The summed E-state index contributed by atoms with van der Waals surface area (Å²) in [5.74, 6) is 0.965. The number of rotatable bonds is 2. The lowest BCUT2D eigenvalue weighted by Gasteiger charge is -2.36. The summed E-state index contributed by atoms with van der Waals surface area (Å²) >= 11 is 0. The van der Waals surface area contributed by atoms with Crippen molar-refractivity contribution < 1.29 is 0 Å². The molecule has 0 aromatic rings. The lowest BCUT2D eigenvalue weighted by molar-refractivity contribution is 0.120. The van der Waals surface area contributed by atoms with Crippen molar-refractivity contribution in [1.29, 1.82) is 5.26 Å². The third kappa shape index (κ3) is 2.70. The van der Waals surface area contributed by atoms with Gasteiger partial charge in [-0.25, -0.2) is 0 Å². The zero-order valence-corrected chi connectivity index (χ0v) is 8.95. The maximum Gasteiger partial charge on any atom is 0.0669 e. The van der Waals surface area contributed by atoms with Gasteiger partial charge in [-0.05, 0) is 39.2 Å². The highest BCUT2D eigenvalue weighted by atomic mass is 15.2. The highest BCUT2D eigenvalue weighted by molar-refractivity contribution is 4.89. The van der Waals surface area contributed by atoms with Gasteiger partial charge in [0.2, 0.25) is 0 Å². The SMILES string of the molecule is CC1CCCN(C(C)C(C)C#N)C1. The molecule has 0 amide bonds. The van der Waals surface area contributed by atoms with Crippen LogP contribution in [0.5, 0.6) is 0 Å². The van der Waals surface area contributed by atoms with Crippen LogP contribution in [0.3, 0.4) is 0 Å². The summed E-state index contributed by atoms with van der Waals surface area (Å²) in [6.45, 7) is 8.84. The number of hydrogen-bond acceptors (Lipinski definition) is 2. The van der Waals surface area contributed by atoms with E-state index in [1.54, 1.807) is 0 Å². The summed E-state index contributed by atoms with van der Waals surface area (Å²) in [5, 5.41) is 8.83. The second kappa shape index (κ2) is 4.62. The molecule has 0 aliphatic carbocycles. The zero-order chi connectivity index (χ0) is 9.84. The standard InChI is InChI=1S/C11H20N2/c1-9-5-4-6-13(8-9)11(3)10(2)7-12/h9-11H,4-6,8H2,1-3H3. The fourth-order valence-electron chi connectivity index (χ4n) is 2.02. The molecule has 2 heteroatoms. The minimum atomic E-state index is 0.158. The second-order valence-corrected chi connectivity index (χ2v) is 4.40. The van der Waals surface area contributed by atoms with Gasteiger partial charge in [-0.3, -0.25) is 4.90 Å². The first-order chi connectivity index (χ1) is 6.15. The van der Waals surface area contributed by atoms with Crippen molar-refractivity contribution in [1.82, 2.24) is 4.90 Å². The van der Waals surface area contributed by atoms with Gasteiger partial charge in [0, 0.05) is 12.6 Å². The maximum absolute atomic E-state index is 8.83. The van der Waals surface area contributed by atoms with Crippen LogP contribution >= 0.6 is 0 Å². The largest absolute Gasteiger partial charge is 0.299 e. The van der Waals surface area contributed by atoms with Gasteiger partial charge in [0.1, 0.15) is 0 Å². The quantitative estimate of drug-likeness (QED) is 0.652. The molecule has 0 saturated carbocycles. The molecule has 1 aliphatic rings. The van der Waals surface area contributed by atoms with Crippen LogP contribution < -0.4 is 0 Å². The van der Waals surface area contributed by atoms with E-state index >= 15 is 0 Å². The first kappa shape index (κ1) is 10.5. The molecule has 0 aromatic carbocycles. The van der Waals surface area contributed by atoms with Crippen molar-refractivity contribution in [2.75, 3.05) is 13.1 Å². The van der Waals surface area contributed by atoms with Crippen LogP contribution in [-0.4, -0.2) is 24.0 Å². The van der Waals surface area contributed by atoms with E-state index in [4.69, 9.17) is 5.26 Å². The maximum atomic E-state index is 8.83. The molecule has 3 unspecified atom stereocenters. The van der Waals surface area contributed by atoms with E-state index in [1.165, 1.54) is 25.9 Å². The minimum absolute atomic E-state index is 0.158. The highest BCUT2D eigenvalue weighted by Crippen LogP contribution is 2.20. The van der Waals surface area contributed by atoms with Crippen molar-refractivity contribution in [3.05, 3.63) is 0 Å². The number of piperidine rings is 1. The van der Waals surface area contributed by atoms with E-state index in [9.17, 15) is 0 Å². The van der Waals surface area contributed by atoms with E-state index in [-0.39, 0.29) is 5.92 Å². The molecule has 13 heavy (non-hydrogen) atoms. The van der Waals surface area contributed by atoms with E-state index in [0.29, 0.717) is 6.04 Å². The van der Waals surface area contributed by atoms with Crippen molar-refractivity contribution in [3.8, 4) is 6.07 Å². The predicted molar refractivity (Wildman–Crippen MR) is 54.2 cm³/mol. The molecule has 0 bridgehead atoms. The topological polar surface area (TPSA) is 27.0 Å². The Morgan fingerprint density at radius 3 is 2.69 bits per heavy atom. The van der Waals surface area contributed by atoms with Crippen molar-refractivity contribution in [2.45, 2.75) is 39.7 Å². The first-order valence-electron chi connectivity index (χ1n) is 5.28. The van der Waals surface area contributed by atoms with Crippen LogP contribution in [-0.2, 0) is 0 Å². The Bertz CT molecular complexity index is 195. The Morgan fingerprint density at radius 2 is 2.15 bits per heavy atom. The Labute approximate surface area is 81.5 Å². The van der Waals surface area contributed by atoms with Gasteiger partial charge in [0.15, 0.2) is 0 Å². The van der Waals surface area contributed by atoms with Gasteiger partial charge in [-0.15, -0.1) is 0 Å². The number of nitriles is 1. The molecule has 1 saturated heterocycles. The summed E-state index contributed by atoms with van der Waals surface area (Å²) in [7, 11) is 0. The van der Waals surface area contributed by atoms with Crippen molar-refractivity contribution in [3.63, 3.8) is 0 Å². The molecular weight excluding hydrogens is 160 g/mol. The van der Waals surface area contributed by atoms with Crippen LogP contribution in [0.2, 0.25) is 0 Å². The fourth-order valence-corrected chi connectivity index (χ4v) is 2.02. The molecule has 0 aromatic heterocycles. The average Bonchev–Trinajstić information content (AvgIpc) is 2.15. The molecule has 74 valence electrons. The summed E-state index contributed by atoms with van der Waals surface area (Å²) in [6.07, 6.45) is 2.65. The third-order valence-electron chi connectivity index (χ3n) is 3.19. The average molecular weight is 180 g/mol. The lowest BCUT2D eigenvalue weighted by Crippen LogP contribution is -2.43. The second-order valence-electron chi connectivity index (χ2n) is 4.40. The van der Waals surface area contributed by atoms with E-state index in [0.717, 1.165) is 5.92 Å². The van der Waals surface area contributed by atoms with Gasteiger partial charge in [0.05, 0.1) is 12.0 Å². The smallest absolute Gasteiger partial charge is 0.0669 e. The molecule has 1 aliphatic heterocycles. The van der Waals surface area contributed by atoms with Crippen molar-refractivity contribution in [2.24, 2.45) is 11.8 Å². The van der Waals surface area contributed by atoms with Gasteiger partial charge in [-0.2, -0.15) is 5.26 Å². The molecule has 1 rings (SSSR count).